The Kier molecular flexibility index (Phi) is 3.88. The van der Waals surface area contributed by atoms with E-state index in [4.69, 9.17) is 9.11 Å². The fourth-order valence-corrected chi connectivity index (χ4v) is 3.33. The van der Waals surface area contributed by atoms with Crippen LogP contribution in [0.3, 0.4) is 0 Å². The molecule has 1 aromatic rings. The highest BCUT2D eigenvalue weighted by Gasteiger charge is 2.04. The minimum Gasteiger partial charge on any atom is -0.289 e. The Morgan fingerprint density at radius 2 is 1.93 bits per heavy atom. The van der Waals surface area contributed by atoms with Gasteiger partial charge < -0.3 is 0 Å². The molecule has 0 saturated heterocycles. The van der Waals surface area contributed by atoms with Crippen LogP contribution >= 0.6 is 0 Å². The van der Waals surface area contributed by atoms with Crippen LogP contribution < -0.4 is 0 Å². The van der Waals surface area contributed by atoms with Crippen LogP contribution in [0.25, 0.3) is 0 Å². The van der Waals surface area contributed by atoms with Gasteiger partial charge in [0.2, 0.25) is 9.05 Å². The molecule has 1 rings (SSSR count). The first-order valence-electron chi connectivity index (χ1n) is 3.90. The normalized spacial score (nSPS) is 13.6. The van der Waals surface area contributed by atoms with E-state index in [1.54, 1.807) is 0 Å². The van der Waals surface area contributed by atoms with Crippen molar-refractivity contribution in [1.82, 2.24) is 0 Å². The van der Waals surface area contributed by atoms with Crippen LogP contribution in [0, 0.1) is 0 Å². The molecule has 0 amide bonds. The van der Waals surface area contributed by atoms with E-state index in [9.17, 15) is 4.21 Å². The van der Waals surface area contributed by atoms with Gasteiger partial charge >= 0.3 is 0 Å². The van der Waals surface area contributed by atoms with Crippen molar-refractivity contribution in [2.75, 3.05) is 0 Å². The van der Waals surface area contributed by atoms with Gasteiger partial charge in [0, 0.05) is 5.75 Å². The van der Waals surface area contributed by atoms with Crippen LogP contribution in [0.5, 0.6) is 0 Å². The maximum Gasteiger partial charge on any atom is 0.227 e. The van der Waals surface area contributed by atoms with Gasteiger partial charge in [0.05, 0.1) is 0 Å². The van der Waals surface area contributed by atoms with Crippen molar-refractivity contribution in [1.29, 1.82) is 0 Å². The van der Waals surface area contributed by atoms with Crippen LogP contribution in [0.2, 0.25) is 0 Å². The molecule has 0 aliphatic rings. The second kappa shape index (κ2) is 4.75. The zero-order valence-corrected chi connectivity index (χ0v) is 9.13. The van der Waals surface area contributed by atoms with Gasteiger partial charge in [-0.1, -0.05) is 46.4 Å². The summed E-state index contributed by atoms with van der Waals surface area (Å²) >= 11 is 0. The lowest BCUT2D eigenvalue weighted by molar-refractivity contribution is 0.450. The second-order valence-corrected chi connectivity index (χ2v) is 7.49. The van der Waals surface area contributed by atoms with E-state index >= 15 is 0 Å². The molecule has 1 atom stereocenters. The molecule has 1 unspecified atom stereocenters. The van der Waals surface area contributed by atoms with Gasteiger partial charge in [-0.15, -0.1) is 0 Å². The average molecular weight is 232 g/mol. The summed E-state index contributed by atoms with van der Waals surface area (Å²) in [5.41, 5.74) is 0.909. The Labute approximate surface area is 85.7 Å². The number of hydrogen-bond acceptors (Lipinski definition) is 1. The summed E-state index contributed by atoms with van der Waals surface area (Å²) in [6.45, 7) is 3.44. The maximum absolute atomic E-state index is 11.0. The molecule has 0 aromatic heterocycles. The van der Waals surface area contributed by atoms with Gasteiger partial charge in [0.25, 0.3) is 0 Å². The Bertz CT molecular complexity index is 423. The lowest BCUT2D eigenvalue weighted by atomic mass is 10.2. The lowest BCUT2D eigenvalue weighted by Gasteiger charge is -2.05. The highest BCUT2D eigenvalue weighted by molar-refractivity contribution is 8.43. The summed E-state index contributed by atoms with van der Waals surface area (Å²) in [4.78, 5) is 0. The van der Waals surface area contributed by atoms with Crippen molar-refractivity contribution in [3.63, 3.8) is 0 Å². The number of benzene rings is 1. The topological polar surface area (TPSA) is 57.5 Å². The minimum atomic E-state index is -3.75. The Morgan fingerprint density at radius 3 is 2.36 bits per heavy atom. The van der Waals surface area contributed by atoms with Gasteiger partial charge in [0.1, 0.15) is 0 Å². The van der Waals surface area contributed by atoms with E-state index in [-0.39, 0.29) is 0 Å². The van der Waals surface area contributed by atoms with Crippen molar-refractivity contribution >= 4 is 18.5 Å². The Hall–Kier alpha value is -0.620. The van der Waals surface area contributed by atoms with E-state index in [2.05, 4.69) is 6.58 Å². The molecular formula is C9H12O3S2. The predicted molar refractivity (Wildman–Crippen MR) is 61.1 cm³/mol. The zero-order chi connectivity index (χ0) is 10.6. The maximum atomic E-state index is 11.0. The third-order valence-corrected chi connectivity index (χ3v) is 5.60. The van der Waals surface area contributed by atoms with Crippen molar-refractivity contribution in [2.24, 2.45) is 0 Å². The van der Waals surface area contributed by atoms with Gasteiger partial charge in [-0.05, 0) is 11.0 Å². The minimum absolute atomic E-state index is 0.343. The van der Waals surface area contributed by atoms with Crippen molar-refractivity contribution in [2.45, 2.75) is 5.75 Å². The summed E-state index contributed by atoms with van der Waals surface area (Å²) in [5.74, 6) is 0.343. The summed E-state index contributed by atoms with van der Waals surface area (Å²) in [7, 11) is -4.85. The van der Waals surface area contributed by atoms with Crippen molar-refractivity contribution in [3.05, 3.63) is 47.9 Å². The third kappa shape index (κ3) is 3.26. The molecular weight excluding hydrogens is 220 g/mol. The molecule has 5 heteroatoms. The highest BCUT2D eigenvalue weighted by Crippen LogP contribution is 2.07. The van der Waals surface area contributed by atoms with Gasteiger partial charge in [-0.3, -0.25) is 9.11 Å². The quantitative estimate of drug-likeness (QED) is 0.839. The molecule has 3 nitrogen and oxygen atoms in total. The fourth-order valence-electron chi connectivity index (χ4n) is 0.963. The smallest absolute Gasteiger partial charge is 0.227 e. The number of rotatable bonds is 3. The molecule has 1 aromatic carbocycles. The summed E-state index contributed by atoms with van der Waals surface area (Å²) in [5, 5.41) is 1.33. The average Bonchev–Trinajstić information content (AvgIpc) is 2.14. The molecule has 0 fully saturated rings. The molecule has 0 radical (unpaired) electrons. The van der Waals surface area contributed by atoms with Gasteiger partial charge in [-0.25, -0.2) is 4.21 Å². The molecule has 0 spiro atoms. The lowest BCUT2D eigenvalue weighted by Crippen LogP contribution is -2.06. The van der Waals surface area contributed by atoms with Crippen LogP contribution in [0.15, 0.2) is 42.3 Å². The Morgan fingerprint density at radius 1 is 1.36 bits per heavy atom. The zero-order valence-electron chi connectivity index (χ0n) is 7.50. The van der Waals surface area contributed by atoms with E-state index in [1.165, 1.54) is 5.41 Å². The van der Waals surface area contributed by atoms with Crippen LogP contribution in [0.1, 0.15) is 5.56 Å². The summed E-state index contributed by atoms with van der Waals surface area (Å²) in [6, 6.07) is 9.24. The fraction of sp³-hybridized carbons (Fsp3) is 0.111. The van der Waals surface area contributed by atoms with E-state index < -0.39 is 18.5 Å². The summed E-state index contributed by atoms with van der Waals surface area (Å²) in [6.07, 6.45) is 0. The van der Waals surface area contributed by atoms with Crippen molar-refractivity contribution < 1.29 is 13.3 Å². The molecule has 14 heavy (non-hydrogen) atoms. The van der Waals surface area contributed by atoms with Crippen LogP contribution in [-0.2, 0) is 24.3 Å². The third-order valence-electron chi connectivity index (χ3n) is 1.62. The Balaban J connectivity index is 3.01. The first-order chi connectivity index (χ1) is 6.54. The monoisotopic (exact) mass is 232 g/mol. The molecule has 2 N–H and O–H groups in total. The highest BCUT2D eigenvalue weighted by atomic mass is 32.9. The standard InChI is InChI=1S/C9H12O3S2/c1-2-13(14(10,11)12)8-9-6-4-3-5-7-9/h2-7H,1,8H2,(H2,10,11,12). The molecule has 0 heterocycles. The van der Waals surface area contributed by atoms with E-state index in [0.717, 1.165) is 5.56 Å². The molecule has 0 aliphatic heterocycles. The molecule has 78 valence electrons. The van der Waals surface area contributed by atoms with Crippen molar-refractivity contribution in [3.8, 4) is 0 Å². The van der Waals surface area contributed by atoms with Gasteiger partial charge in [-0.2, -0.15) is 0 Å². The van der Waals surface area contributed by atoms with E-state index in [1.807, 2.05) is 30.3 Å². The molecule has 0 bridgehead atoms. The van der Waals surface area contributed by atoms with Crippen LogP contribution in [-0.4, -0.2) is 13.3 Å². The van der Waals surface area contributed by atoms with Gasteiger partial charge in [0.15, 0.2) is 0 Å². The second-order valence-electron chi connectivity index (χ2n) is 2.63. The first-order valence-corrected chi connectivity index (χ1v) is 7.34. The van der Waals surface area contributed by atoms with E-state index in [0.29, 0.717) is 5.75 Å². The first kappa shape index (κ1) is 11.5. The SMILES string of the molecule is C=CS(Cc1ccccc1)=S(=O)(O)O. The number of hydrogen-bond donors (Lipinski definition) is 2. The molecule has 0 aliphatic carbocycles. The largest absolute Gasteiger partial charge is 0.289 e. The predicted octanol–water partition coefficient (Wildman–Crippen LogP) is 2.09. The molecule has 0 saturated carbocycles. The van der Waals surface area contributed by atoms with Crippen LogP contribution in [0.4, 0.5) is 0 Å². The summed E-state index contributed by atoms with van der Waals surface area (Å²) < 4.78 is 28.9.